The van der Waals surface area contributed by atoms with Crippen molar-refractivity contribution in [2.24, 2.45) is 17.2 Å². The second kappa shape index (κ2) is 15.1. The van der Waals surface area contributed by atoms with Crippen molar-refractivity contribution in [2.75, 3.05) is 45.1 Å². The normalized spacial score (nSPS) is 13.5. The molecule has 1 aromatic heterocycles. The van der Waals surface area contributed by atoms with Crippen LogP contribution in [0.1, 0.15) is 30.4 Å². The van der Waals surface area contributed by atoms with Crippen LogP contribution in [0, 0.1) is 0 Å². The average Bonchev–Trinajstić information content (AvgIpc) is 2.94. The minimum absolute atomic E-state index is 0.0641. The number of anilines is 1. The zero-order valence-electron chi connectivity index (χ0n) is 23.9. The van der Waals surface area contributed by atoms with E-state index < -0.39 is 35.6 Å². The molecule has 2 aromatic carbocycles. The van der Waals surface area contributed by atoms with Gasteiger partial charge in [-0.2, -0.15) is 13.2 Å². The van der Waals surface area contributed by atoms with E-state index in [4.69, 9.17) is 17.2 Å². The Labute approximate surface area is 244 Å². The second-order valence-electron chi connectivity index (χ2n) is 10.8. The van der Waals surface area contributed by atoms with E-state index in [-0.39, 0.29) is 12.8 Å². The molecule has 1 heterocycles. The highest BCUT2D eigenvalue weighted by Crippen LogP contribution is 2.30. The number of hydrogen-bond acceptors (Lipinski definition) is 6. The summed E-state index contributed by atoms with van der Waals surface area (Å²) < 4.78 is 40.3. The van der Waals surface area contributed by atoms with Gasteiger partial charge in [-0.1, -0.05) is 36.4 Å². The summed E-state index contributed by atoms with van der Waals surface area (Å²) in [6.45, 7) is 3.26. The molecule has 3 aromatic rings. The van der Waals surface area contributed by atoms with Crippen molar-refractivity contribution in [3.63, 3.8) is 0 Å². The van der Waals surface area contributed by atoms with Gasteiger partial charge in [0.1, 0.15) is 6.04 Å². The average molecular weight is 589 g/mol. The van der Waals surface area contributed by atoms with E-state index in [2.05, 4.69) is 22.7 Å². The highest BCUT2D eigenvalue weighted by Gasteiger charge is 2.31. The Balaban J connectivity index is 1.70. The molecule has 2 atom stereocenters. The molecule has 0 radical (unpaired) electrons. The number of quaternary nitrogens is 1. The number of nitrogens with one attached hydrogen (secondary N) is 2. The molecule has 0 saturated carbocycles. The number of carbonyl (C=O) groups is 2. The highest BCUT2D eigenvalue weighted by molar-refractivity contribution is 5.98. The Bertz CT molecular complexity index is 1330. The largest absolute Gasteiger partial charge is 0.416 e. The van der Waals surface area contributed by atoms with E-state index in [0.29, 0.717) is 41.7 Å². The quantitative estimate of drug-likeness (QED) is 0.172. The number of likely N-dealkylation sites (N-methyl/N-ethyl adjacent to an activating group) is 1. The van der Waals surface area contributed by atoms with Gasteiger partial charge in [0.2, 0.25) is 11.8 Å². The third-order valence-electron chi connectivity index (χ3n) is 7.35. The molecule has 228 valence electrons. The maximum absolute atomic E-state index is 13.3. The Morgan fingerprint density at radius 1 is 0.952 bits per heavy atom. The molecule has 42 heavy (non-hydrogen) atoms. The predicted octanol–water partition coefficient (Wildman–Crippen LogP) is 2.78. The molecule has 0 aliphatic heterocycles. The van der Waals surface area contributed by atoms with Crippen LogP contribution in [0.4, 0.5) is 18.9 Å². The Morgan fingerprint density at radius 3 is 2.36 bits per heavy atom. The van der Waals surface area contributed by atoms with Crippen molar-refractivity contribution >= 4 is 28.4 Å². The number of hydrogen-bond donors (Lipinski definition) is 5. The van der Waals surface area contributed by atoms with Crippen molar-refractivity contribution in [2.45, 2.75) is 43.9 Å². The lowest BCUT2D eigenvalue weighted by Gasteiger charge is -2.34. The highest BCUT2D eigenvalue weighted by atomic mass is 19.4. The number of halogens is 3. The molecule has 9 nitrogen and oxygen atoms in total. The van der Waals surface area contributed by atoms with Gasteiger partial charge in [-0.25, -0.2) is 0 Å². The molecule has 0 fully saturated rings. The number of fused-ring (bicyclic) bond motifs is 1. The predicted molar refractivity (Wildman–Crippen MR) is 158 cm³/mol. The third kappa shape index (κ3) is 9.76. The monoisotopic (exact) mass is 588 g/mol. The molecular weight excluding hydrogens is 547 g/mol. The van der Waals surface area contributed by atoms with Crippen LogP contribution in [-0.2, 0) is 22.2 Å². The van der Waals surface area contributed by atoms with Crippen LogP contribution in [0.25, 0.3) is 10.9 Å². The number of nitrogens with zero attached hydrogens (tertiary/aromatic N) is 2. The molecule has 0 spiro atoms. The second-order valence-corrected chi connectivity index (χ2v) is 10.8. The zero-order chi connectivity index (χ0) is 30.8. The minimum Gasteiger partial charge on any atom is -0.343 e. The first-order chi connectivity index (χ1) is 19.9. The summed E-state index contributed by atoms with van der Waals surface area (Å²) in [6, 6.07) is 12.2. The summed E-state index contributed by atoms with van der Waals surface area (Å²) in [7, 11) is 2.06. The van der Waals surface area contributed by atoms with Crippen LogP contribution in [-0.4, -0.2) is 73.1 Å². The number of carbonyl (C=O) groups excluding carboxylic acids is 2. The molecular formula is C30H41F3N7O2+. The van der Waals surface area contributed by atoms with E-state index >= 15 is 0 Å². The van der Waals surface area contributed by atoms with Crippen LogP contribution >= 0.6 is 0 Å². The fourth-order valence-corrected chi connectivity index (χ4v) is 4.91. The fraction of sp³-hybridized carbons (Fsp3) is 0.433. The lowest BCUT2D eigenvalue weighted by Crippen LogP contribution is -2.52. The summed E-state index contributed by atoms with van der Waals surface area (Å²) in [6.07, 6.45) is -1.76. The molecule has 2 amide bonds. The van der Waals surface area contributed by atoms with Gasteiger partial charge in [0.15, 0.2) is 0 Å². The summed E-state index contributed by atoms with van der Waals surface area (Å²) in [4.78, 5) is 30.8. The van der Waals surface area contributed by atoms with Crippen LogP contribution in [0.3, 0.4) is 0 Å². The number of benzene rings is 2. The minimum atomic E-state index is -4.49. The topological polar surface area (TPSA) is 149 Å². The van der Waals surface area contributed by atoms with Crippen molar-refractivity contribution in [3.8, 4) is 0 Å². The Kier molecular flexibility index (Phi) is 11.8. The first-order valence-electron chi connectivity index (χ1n) is 14.1. The van der Waals surface area contributed by atoms with Gasteiger partial charge >= 0.3 is 6.18 Å². The SMILES string of the molecule is C[N+](CCN)(CCN)CCC[C@H](N)C(=O)N[C@H](CCc1cccc(C(F)(F)F)c1)C(=O)Nc1cnc2ccccc2c1. The van der Waals surface area contributed by atoms with Gasteiger partial charge in [0, 0.05) is 18.5 Å². The Hall–Kier alpha value is -3.58. The number of aromatic nitrogens is 1. The molecule has 12 heteroatoms. The van der Waals surface area contributed by atoms with Gasteiger partial charge in [-0.3, -0.25) is 14.6 Å². The van der Waals surface area contributed by atoms with Crippen LogP contribution < -0.4 is 27.8 Å². The van der Waals surface area contributed by atoms with Gasteiger partial charge in [0.05, 0.1) is 55.7 Å². The zero-order valence-corrected chi connectivity index (χ0v) is 23.9. The lowest BCUT2D eigenvalue weighted by molar-refractivity contribution is -0.907. The summed E-state index contributed by atoms with van der Waals surface area (Å²) in [5, 5.41) is 6.32. The standard InChI is InChI=1S/C30H40F3N7O2/c1-40(16-13-34,17-14-35)15-5-9-25(36)28(41)39-27(12-11-21-6-4-8-23(18-21)30(31,32)33)29(42)38-24-19-22-7-2-3-10-26(22)37-20-24/h2-4,6-8,10,18-20,25,27H,5,9,11-17,34-36H2,1H3,(H-,38,39,41,42)/p+1/t25-,27+/m0/s1. The number of nitrogens with two attached hydrogens (primary N) is 3. The number of pyridine rings is 1. The van der Waals surface area contributed by atoms with Crippen molar-refractivity contribution < 1.29 is 27.2 Å². The third-order valence-corrected chi connectivity index (χ3v) is 7.35. The first-order valence-corrected chi connectivity index (χ1v) is 14.1. The van der Waals surface area contributed by atoms with E-state index in [1.54, 1.807) is 12.1 Å². The number of para-hydroxylation sites is 1. The number of amides is 2. The van der Waals surface area contributed by atoms with E-state index in [1.165, 1.54) is 12.3 Å². The fourth-order valence-electron chi connectivity index (χ4n) is 4.91. The molecule has 8 N–H and O–H groups in total. The van der Waals surface area contributed by atoms with Gasteiger partial charge < -0.3 is 32.3 Å². The van der Waals surface area contributed by atoms with Crippen molar-refractivity contribution in [1.29, 1.82) is 0 Å². The smallest absolute Gasteiger partial charge is 0.343 e. The maximum atomic E-state index is 13.3. The summed E-state index contributed by atoms with van der Waals surface area (Å²) in [5.74, 6) is -1.03. The van der Waals surface area contributed by atoms with E-state index in [9.17, 15) is 22.8 Å². The van der Waals surface area contributed by atoms with Crippen molar-refractivity contribution in [3.05, 3.63) is 71.9 Å². The van der Waals surface area contributed by atoms with Gasteiger partial charge in [-0.05, 0) is 49.4 Å². The van der Waals surface area contributed by atoms with Crippen LogP contribution in [0.15, 0.2) is 60.8 Å². The van der Waals surface area contributed by atoms with Gasteiger partial charge in [0.25, 0.3) is 0 Å². The number of rotatable bonds is 15. The van der Waals surface area contributed by atoms with E-state index in [0.717, 1.165) is 42.7 Å². The molecule has 0 bridgehead atoms. The maximum Gasteiger partial charge on any atom is 0.416 e. The molecule has 3 rings (SSSR count). The Morgan fingerprint density at radius 2 is 1.67 bits per heavy atom. The lowest BCUT2D eigenvalue weighted by atomic mass is 10.0. The van der Waals surface area contributed by atoms with Crippen molar-refractivity contribution in [1.82, 2.24) is 10.3 Å². The summed E-state index contributed by atoms with van der Waals surface area (Å²) >= 11 is 0. The number of alkyl halides is 3. The molecule has 0 unspecified atom stereocenters. The molecule has 0 saturated heterocycles. The van der Waals surface area contributed by atoms with Gasteiger partial charge in [-0.15, -0.1) is 0 Å². The first kappa shape index (κ1) is 32.9. The van der Waals surface area contributed by atoms with E-state index in [1.807, 2.05) is 24.3 Å². The summed E-state index contributed by atoms with van der Waals surface area (Å²) in [5.41, 5.74) is 18.5. The molecule has 0 aliphatic rings. The van der Waals surface area contributed by atoms with Crippen LogP contribution in [0.5, 0.6) is 0 Å². The number of aryl methyl sites for hydroxylation is 1. The molecule has 0 aliphatic carbocycles. The van der Waals surface area contributed by atoms with Crippen LogP contribution in [0.2, 0.25) is 0 Å².